The second-order valence-electron chi connectivity index (χ2n) is 6.56. The number of nitrogens with two attached hydrogens (primary N) is 1. The van der Waals surface area contributed by atoms with E-state index in [1.807, 2.05) is 24.3 Å². The lowest BCUT2D eigenvalue weighted by Crippen LogP contribution is -2.55. The average Bonchev–Trinajstić information content (AvgIpc) is 2.54. The number of halogens is 1. The van der Waals surface area contributed by atoms with Gasteiger partial charge in [0.15, 0.2) is 11.6 Å². The van der Waals surface area contributed by atoms with Gasteiger partial charge in [-0.2, -0.15) is 0 Å². The lowest BCUT2D eigenvalue weighted by molar-refractivity contribution is -0.137. The summed E-state index contributed by atoms with van der Waals surface area (Å²) in [6.45, 7) is 4.16. The molecule has 3 rings (SSSR count). The van der Waals surface area contributed by atoms with Gasteiger partial charge in [-0.3, -0.25) is 4.79 Å². The first-order valence-electron chi connectivity index (χ1n) is 8.31. The third-order valence-corrected chi connectivity index (χ3v) is 5.46. The molecule has 0 aromatic heterocycles. The van der Waals surface area contributed by atoms with Crippen molar-refractivity contribution in [1.29, 1.82) is 0 Å². The molecular formula is C18H23ClN2O2. The smallest absolute Gasteiger partial charge is 0.205 e. The maximum atomic E-state index is 13.0. The van der Waals surface area contributed by atoms with Crippen LogP contribution in [-0.2, 0) is 15.1 Å². The van der Waals surface area contributed by atoms with Crippen molar-refractivity contribution < 1.29 is 9.53 Å². The molecule has 1 fully saturated rings. The van der Waals surface area contributed by atoms with Crippen LogP contribution in [0.15, 0.2) is 29.3 Å². The maximum Gasteiger partial charge on any atom is 0.205 e. The minimum atomic E-state index is -0.931. The summed E-state index contributed by atoms with van der Waals surface area (Å²) >= 11 is 6.39. The van der Waals surface area contributed by atoms with E-state index in [9.17, 15) is 4.79 Å². The van der Waals surface area contributed by atoms with Crippen LogP contribution in [0.3, 0.4) is 0 Å². The molecular weight excluding hydrogens is 312 g/mol. The zero-order valence-electron chi connectivity index (χ0n) is 13.6. The summed E-state index contributed by atoms with van der Waals surface area (Å²) in [4.78, 5) is 17.7. The first-order valence-corrected chi connectivity index (χ1v) is 8.68. The second kappa shape index (κ2) is 6.25. The molecule has 2 aliphatic rings. The van der Waals surface area contributed by atoms with Crippen molar-refractivity contribution in [3.8, 4) is 0 Å². The van der Waals surface area contributed by atoms with Crippen LogP contribution in [0, 0.1) is 5.92 Å². The Kier molecular flexibility index (Phi) is 4.47. The fraction of sp³-hybridized carbons (Fsp3) is 0.556. The van der Waals surface area contributed by atoms with Crippen molar-refractivity contribution in [2.24, 2.45) is 16.6 Å². The maximum absolute atomic E-state index is 13.0. The van der Waals surface area contributed by atoms with E-state index in [0.29, 0.717) is 17.3 Å². The third kappa shape index (κ3) is 2.68. The predicted octanol–water partition coefficient (Wildman–Crippen LogP) is 3.46. The molecule has 2 bridgehead atoms. The van der Waals surface area contributed by atoms with Crippen LogP contribution in [0.4, 0.5) is 0 Å². The summed E-state index contributed by atoms with van der Waals surface area (Å²) in [5.74, 6) is 0.756. The van der Waals surface area contributed by atoms with Gasteiger partial charge in [-0.05, 0) is 31.2 Å². The van der Waals surface area contributed by atoms with E-state index in [-0.39, 0.29) is 17.7 Å². The lowest BCUT2D eigenvalue weighted by Gasteiger charge is -2.42. The van der Waals surface area contributed by atoms with E-state index < -0.39 is 11.6 Å². The third-order valence-electron chi connectivity index (χ3n) is 5.13. The highest BCUT2D eigenvalue weighted by molar-refractivity contribution is 6.32. The van der Waals surface area contributed by atoms with Crippen molar-refractivity contribution in [3.05, 3.63) is 34.9 Å². The molecule has 0 spiro atoms. The van der Waals surface area contributed by atoms with Crippen LogP contribution >= 0.6 is 11.6 Å². The van der Waals surface area contributed by atoms with Crippen LogP contribution in [-0.4, -0.2) is 23.8 Å². The number of nitrogens with zero attached hydrogens (tertiary/aromatic N) is 1. The Morgan fingerprint density at radius 3 is 2.91 bits per heavy atom. The molecule has 2 N–H and O–H groups in total. The van der Waals surface area contributed by atoms with Crippen molar-refractivity contribution >= 4 is 23.3 Å². The first-order chi connectivity index (χ1) is 11.0. The Hall–Kier alpha value is -1.39. The molecule has 23 heavy (non-hydrogen) atoms. The number of carbonyl (C=O) groups is 1. The van der Waals surface area contributed by atoms with Gasteiger partial charge < -0.3 is 10.5 Å². The molecule has 124 valence electrons. The second-order valence-corrected chi connectivity index (χ2v) is 6.97. The van der Waals surface area contributed by atoms with E-state index in [2.05, 4.69) is 13.8 Å². The molecule has 1 aliphatic heterocycles. The Bertz CT molecular complexity index is 646. The molecule has 2 unspecified atom stereocenters. The zero-order valence-corrected chi connectivity index (χ0v) is 14.3. The number of carbonyl (C=O) groups excluding carboxylic acids is 1. The van der Waals surface area contributed by atoms with Gasteiger partial charge >= 0.3 is 0 Å². The largest absolute Gasteiger partial charge is 0.468 e. The van der Waals surface area contributed by atoms with E-state index in [0.717, 1.165) is 24.8 Å². The number of ketones is 1. The summed E-state index contributed by atoms with van der Waals surface area (Å²) in [5.41, 5.74) is 6.17. The molecule has 0 radical (unpaired) electrons. The standard InChI is InChI=1S/C18H23ClN2O2/c1-3-11(2)15(20)17-21-18(12-7-4-5-8-13(12)19)10-6-9-14(23-17)16(18)22/h4-5,7-8,11,14-15H,3,6,9-10,20H2,1-2H3/t11?,14-,15?,18-/m1/s1. The highest BCUT2D eigenvalue weighted by atomic mass is 35.5. The van der Waals surface area contributed by atoms with Crippen molar-refractivity contribution in [1.82, 2.24) is 0 Å². The number of aliphatic imine (C=N–C) groups is 1. The first kappa shape index (κ1) is 16.5. The average molecular weight is 335 g/mol. The molecule has 1 aliphatic carbocycles. The number of benzene rings is 1. The number of hydrogen-bond donors (Lipinski definition) is 1. The van der Waals surface area contributed by atoms with Crippen LogP contribution < -0.4 is 5.73 Å². The molecule has 4 atom stereocenters. The van der Waals surface area contributed by atoms with Gasteiger partial charge in [-0.1, -0.05) is 50.1 Å². The zero-order chi connectivity index (χ0) is 16.6. The molecule has 1 saturated carbocycles. The van der Waals surface area contributed by atoms with Gasteiger partial charge in [-0.25, -0.2) is 4.99 Å². The molecule has 1 aromatic rings. The number of hydrogen-bond acceptors (Lipinski definition) is 4. The van der Waals surface area contributed by atoms with Crippen molar-refractivity contribution in [2.75, 3.05) is 0 Å². The number of Topliss-reactive ketones (excluding diaryl/α,β-unsaturated/α-hetero) is 1. The highest BCUT2D eigenvalue weighted by Crippen LogP contribution is 2.44. The van der Waals surface area contributed by atoms with Crippen molar-refractivity contribution in [2.45, 2.75) is 57.2 Å². The summed E-state index contributed by atoms with van der Waals surface area (Å²) in [5, 5.41) is 0.573. The molecule has 0 saturated heterocycles. The van der Waals surface area contributed by atoms with E-state index in [1.165, 1.54) is 0 Å². The van der Waals surface area contributed by atoms with Crippen LogP contribution in [0.1, 0.15) is 45.1 Å². The van der Waals surface area contributed by atoms with E-state index in [4.69, 9.17) is 27.1 Å². The summed E-state index contributed by atoms with van der Waals surface area (Å²) in [6, 6.07) is 7.16. The molecule has 1 heterocycles. The Morgan fingerprint density at radius 1 is 1.48 bits per heavy atom. The SMILES string of the molecule is CCC(C)C(N)C1=N[C@@]2(c3ccccc3Cl)CCC[C@@H](O1)C2=O. The Balaban J connectivity index is 2.11. The van der Waals surface area contributed by atoms with Gasteiger partial charge in [0.05, 0.1) is 6.04 Å². The van der Waals surface area contributed by atoms with Crippen LogP contribution in [0.2, 0.25) is 5.02 Å². The van der Waals surface area contributed by atoms with Gasteiger partial charge in [0.25, 0.3) is 0 Å². The minimum Gasteiger partial charge on any atom is -0.468 e. The lowest BCUT2D eigenvalue weighted by atomic mass is 9.73. The van der Waals surface area contributed by atoms with Gasteiger partial charge in [0, 0.05) is 10.6 Å². The predicted molar refractivity (Wildman–Crippen MR) is 91.7 cm³/mol. The highest BCUT2D eigenvalue weighted by Gasteiger charge is 2.52. The summed E-state index contributed by atoms with van der Waals surface area (Å²) in [7, 11) is 0. The fourth-order valence-corrected chi connectivity index (χ4v) is 3.71. The minimum absolute atomic E-state index is 0.0111. The number of ether oxygens (including phenoxy) is 1. The van der Waals surface area contributed by atoms with Crippen molar-refractivity contribution in [3.63, 3.8) is 0 Å². The van der Waals surface area contributed by atoms with Crippen LogP contribution in [0.5, 0.6) is 0 Å². The van der Waals surface area contributed by atoms with Gasteiger partial charge in [-0.15, -0.1) is 0 Å². The fourth-order valence-electron chi connectivity index (χ4n) is 3.42. The van der Waals surface area contributed by atoms with Gasteiger partial charge in [0.1, 0.15) is 0 Å². The van der Waals surface area contributed by atoms with E-state index >= 15 is 0 Å². The molecule has 0 amide bonds. The number of fused-ring (bicyclic) bond motifs is 2. The molecule has 4 nitrogen and oxygen atoms in total. The Labute approximate surface area is 142 Å². The van der Waals surface area contributed by atoms with E-state index in [1.54, 1.807) is 0 Å². The monoisotopic (exact) mass is 334 g/mol. The molecule has 5 heteroatoms. The molecule has 1 aromatic carbocycles. The Morgan fingerprint density at radius 2 is 2.22 bits per heavy atom. The quantitative estimate of drug-likeness (QED) is 0.917. The summed E-state index contributed by atoms with van der Waals surface area (Å²) in [6.07, 6.45) is 2.74. The number of rotatable bonds is 4. The van der Waals surface area contributed by atoms with Crippen LogP contribution in [0.25, 0.3) is 0 Å². The topological polar surface area (TPSA) is 64.7 Å². The summed E-state index contributed by atoms with van der Waals surface area (Å²) < 4.78 is 5.87. The normalized spacial score (nSPS) is 29.5. The van der Waals surface area contributed by atoms with Gasteiger partial charge in [0.2, 0.25) is 11.7 Å².